The van der Waals surface area contributed by atoms with Gasteiger partial charge in [-0.15, -0.1) is 0 Å². The van der Waals surface area contributed by atoms with Crippen molar-refractivity contribution in [3.8, 4) is 0 Å². The molecule has 1 atom stereocenters. The lowest BCUT2D eigenvalue weighted by molar-refractivity contribution is -0.121. The number of carbonyl (C=O) groups is 1. The normalized spacial score (nSPS) is 27.2. The molecular formula is C12H20N2O3S. The molecule has 2 rings (SSSR count). The average molecular weight is 272 g/mol. The third-order valence-corrected chi connectivity index (χ3v) is 4.82. The molecule has 0 radical (unpaired) electrons. The van der Waals surface area contributed by atoms with E-state index in [4.69, 9.17) is 0 Å². The summed E-state index contributed by atoms with van der Waals surface area (Å²) in [4.78, 5) is 11.7. The number of hydrogen-bond donors (Lipinski definition) is 2. The second-order valence-electron chi connectivity index (χ2n) is 5.05. The van der Waals surface area contributed by atoms with Crippen LogP contribution in [-0.2, 0) is 14.6 Å². The van der Waals surface area contributed by atoms with Crippen molar-refractivity contribution >= 4 is 15.7 Å². The number of sulfone groups is 1. The van der Waals surface area contributed by atoms with Crippen LogP contribution in [-0.4, -0.2) is 38.7 Å². The fourth-order valence-corrected chi connectivity index (χ4v) is 3.72. The predicted octanol–water partition coefficient (Wildman–Crippen LogP) is 0.336. The molecule has 1 saturated carbocycles. The summed E-state index contributed by atoms with van der Waals surface area (Å²) in [5.74, 6) is 0.0172. The maximum atomic E-state index is 11.7. The van der Waals surface area contributed by atoms with E-state index in [0.29, 0.717) is 6.04 Å². The van der Waals surface area contributed by atoms with Gasteiger partial charge in [-0.1, -0.05) is 25.3 Å². The van der Waals surface area contributed by atoms with E-state index >= 15 is 0 Å². The van der Waals surface area contributed by atoms with Crippen LogP contribution < -0.4 is 10.6 Å². The zero-order valence-electron chi connectivity index (χ0n) is 10.4. The molecule has 6 heteroatoms. The number of amides is 1. The number of rotatable bonds is 4. The van der Waals surface area contributed by atoms with E-state index in [1.807, 2.05) is 0 Å². The molecule has 1 aliphatic heterocycles. The molecule has 0 aromatic heterocycles. The second-order valence-corrected chi connectivity index (χ2v) is 6.98. The summed E-state index contributed by atoms with van der Waals surface area (Å²) >= 11 is 0. The molecule has 0 bridgehead atoms. The van der Waals surface area contributed by atoms with Crippen LogP contribution in [0.5, 0.6) is 0 Å². The Morgan fingerprint density at radius 2 is 1.94 bits per heavy atom. The van der Waals surface area contributed by atoms with E-state index in [1.165, 1.54) is 24.7 Å². The van der Waals surface area contributed by atoms with Crippen molar-refractivity contribution in [3.05, 3.63) is 11.5 Å². The van der Waals surface area contributed by atoms with Gasteiger partial charge in [-0.25, -0.2) is 8.42 Å². The fraction of sp³-hybridized carbons (Fsp3) is 0.750. The molecule has 1 heterocycles. The SMILES string of the molecule is O=C(CNC1C=CS(=O)(=O)C1)NC1CCCCC1. The van der Waals surface area contributed by atoms with Gasteiger partial charge in [0.05, 0.1) is 12.3 Å². The van der Waals surface area contributed by atoms with Crippen LogP contribution in [0.1, 0.15) is 32.1 Å². The van der Waals surface area contributed by atoms with Gasteiger partial charge < -0.3 is 10.6 Å². The molecule has 5 nitrogen and oxygen atoms in total. The first kappa shape index (κ1) is 13.5. The van der Waals surface area contributed by atoms with Gasteiger partial charge in [0.2, 0.25) is 5.91 Å². The molecule has 2 N–H and O–H groups in total. The number of hydrogen-bond acceptors (Lipinski definition) is 4. The lowest BCUT2D eigenvalue weighted by atomic mass is 9.95. The van der Waals surface area contributed by atoms with Crippen LogP contribution in [0.4, 0.5) is 0 Å². The molecule has 1 unspecified atom stereocenters. The first-order chi connectivity index (χ1) is 8.55. The summed E-state index contributed by atoms with van der Waals surface area (Å²) in [6.45, 7) is 0.182. The van der Waals surface area contributed by atoms with Crippen LogP contribution >= 0.6 is 0 Å². The highest BCUT2D eigenvalue weighted by Gasteiger charge is 2.22. The molecule has 1 aliphatic carbocycles. The largest absolute Gasteiger partial charge is 0.352 e. The van der Waals surface area contributed by atoms with Crippen LogP contribution in [0.25, 0.3) is 0 Å². The quantitative estimate of drug-likeness (QED) is 0.773. The minimum absolute atomic E-state index is 0.0420. The lowest BCUT2D eigenvalue weighted by Crippen LogP contribution is -2.44. The maximum Gasteiger partial charge on any atom is 0.234 e. The van der Waals surface area contributed by atoms with E-state index in [2.05, 4.69) is 10.6 Å². The van der Waals surface area contributed by atoms with E-state index in [0.717, 1.165) is 12.8 Å². The molecular weight excluding hydrogens is 252 g/mol. The summed E-state index contributed by atoms with van der Waals surface area (Å²) in [5.41, 5.74) is 0. The molecule has 1 fully saturated rings. The van der Waals surface area contributed by atoms with Gasteiger partial charge in [-0.05, 0) is 12.8 Å². The summed E-state index contributed by atoms with van der Waals surface area (Å²) in [7, 11) is -3.05. The number of carbonyl (C=O) groups excluding carboxylic acids is 1. The van der Waals surface area contributed by atoms with Crippen LogP contribution in [0.15, 0.2) is 11.5 Å². The van der Waals surface area contributed by atoms with Crippen molar-refractivity contribution in [2.45, 2.75) is 44.2 Å². The zero-order chi connectivity index (χ0) is 13.0. The van der Waals surface area contributed by atoms with Crippen molar-refractivity contribution in [2.75, 3.05) is 12.3 Å². The van der Waals surface area contributed by atoms with Crippen LogP contribution in [0.3, 0.4) is 0 Å². The fourth-order valence-electron chi connectivity index (χ4n) is 2.45. The van der Waals surface area contributed by atoms with Gasteiger partial charge >= 0.3 is 0 Å². The summed E-state index contributed by atoms with van der Waals surface area (Å²) in [6.07, 6.45) is 7.34. The molecule has 0 aromatic rings. The smallest absolute Gasteiger partial charge is 0.234 e. The zero-order valence-corrected chi connectivity index (χ0v) is 11.2. The Kier molecular flexibility index (Phi) is 4.40. The Labute approximate surface area is 108 Å². The molecule has 0 saturated heterocycles. The lowest BCUT2D eigenvalue weighted by Gasteiger charge is -2.23. The summed E-state index contributed by atoms with van der Waals surface area (Å²) in [5, 5.41) is 7.15. The van der Waals surface area contributed by atoms with Gasteiger partial charge in [-0.3, -0.25) is 4.79 Å². The monoisotopic (exact) mass is 272 g/mol. The predicted molar refractivity (Wildman–Crippen MR) is 69.7 cm³/mol. The first-order valence-corrected chi connectivity index (χ1v) is 8.20. The topological polar surface area (TPSA) is 75.3 Å². The standard InChI is InChI=1S/C12H20N2O3S/c15-12(14-10-4-2-1-3-5-10)8-13-11-6-7-18(16,17)9-11/h6-7,10-11,13H,1-5,8-9H2,(H,14,15). The van der Waals surface area contributed by atoms with Crippen molar-refractivity contribution in [3.63, 3.8) is 0 Å². The molecule has 102 valence electrons. The molecule has 0 aromatic carbocycles. The van der Waals surface area contributed by atoms with Crippen molar-refractivity contribution in [2.24, 2.45) is 0 Å². The highest BCUT2D eigenvalue weighted by Crippen LogP contribution is 2.17. The Bertz CT molecular complexity index is 425. The van der Waals surface area contributed by atoms with Crippen LogP contribution in [0, 0.1) is 0 Å². The third kappa shape index (κ3) is 4.10. The minimum Gasteiger partial charge on any atom is -0.352 e. The molecule has 1 amide bonds. The van der Waals surface area contributed by atoms with Crippen molar-refractivity contribution in [1.29, 1.82) is 0 Å². The average Bonchev–Trinajstić information content (AvgIpc) is 2.68. The van der Waals surface area contributed by atoms with E-state index in [9.17, 15) is 13.2 Å². The first-order valence-electron chi connectivity index (χ1n) is 6.49. The van der Waals surface area contributed by atoms with Crippen molar-refractivity contribution < 1.29 is 13.2 Å². The second kappa shape index (κ2) is 5.84. The van der Waals surface area contributed by atoms with Gasteiger partial charge in [0, 0.05) is 17.5 Å². The van der Waals surface area contributed by atoms with E-state index in [-0.39, 0.29) is 24.2 Å². The van der Waals surface area contributed by atoms with Gasteiger partial charge in [0.1, 0.15) is 0 Å². The molecule has 2 aliphatic rings. The van der Waals surface area contributed by atoms with Gasteiger partial charge in [0.15, 0.2) is 9.84 Å². The van der Waals surface area contributed by atoms with Crippen LogP contribution in [0.2, 0.25) is 0 Å². The number of nitrogens with one attached hydrogen (secondary N) is 2. The molecule has 0 spiro atoms. The minimum atomic E-state index is -3.05. The Balaban J connectivity index is 1.67. The summed E-state index contributed by atoms with van der Waals surface area (Å²) < 4.78 is 22.4. The Hall–Kier alpha value is -0.880. The van der Waals surface area contributed by atoms with Gasteiger partial charge in [-0.2, -0.15) is 0 Å². The van der Waals surface area contributed by atoms with Crippen molar-refractivity contribution in [1.82, 2.24) is 10.6 Å². The maximum absolute atomic E-state index is 11.7. The van der Waals surface area contributed by atoms with Gasteiger partial charge in [0.25, 0.3) is 0 Å². The Morgan fingerprint density at radius 1 is 1.22 bits per heavy atom. The highest BCUT2D eigenvalue weighted by molar-refractivity contribution is 7.94. The summed E-state index contributed by atoms with van der Waals surface area (Å²) in [6, 6.07) is 0.0722. The molecule has 18 heavy (non-hydrogen) atoms. The third-order valence-electron chi connectivity index (χ3n) is 3.43. The highest BCUT2D eigenvalue weighted by atomic mass is 32.2. The van der Waals surface area contributed by atoms with E-state index < -0.39 is 9.84 Å². The van der Waals surface area contributed by atoms with E-state index in [1.54, 1.807) is 6.08 Å². The Morgan fingerprint density at radius 3 is 2.56 bits per heavy atom.